The Hall–Kier alpha value is -0.120. The number of morpholine rings is 1. The Morgan fingerprint density at radius 2 is 2.07 bits per heavy atom. The molecule has 3 rings (SSSR count). The Kier molecular flexibility index (Phi) is 2.71. The molecule has 2 heterocycles. The molecule has 1 saturated carbocycles. The van der Waals surface area contributed by atoms with Crippen LogP contribution in [0.4, 0.5) is 0 Å². The third-order valence-corrected chi connectivity index (χ3v) is 4.31. The van der Waals surface area contributed by atoms with Gasteiger partial charge in [0, 0.05) is 18.6 Å². The van der Waals surface area contributed by atoms with E-state index in [4.69, 9.17) is 4.74 Å². The Morgan fingerprint density at radius 1 is 1.27 bits per heavy atom. The maximum absolute atomic E-state index is 5.61. The van der Waals surface area contributed by atoms with Crippen LogP contribution in [0.1, 0.15) is 25.7 Å². The van der Waals surface area contributed by atoms with Crippen LogP contribution in [-0.2, 0) is 4.74 Å². The molecule has 86 valence electrons. The molecule has 0 aromatic rings. The predicted molar refractivity (Wildman–Crippen MR) is 60.0 cm³/mol. The summed E-state index contributed by atoms with van der Waals surface area (Å²) in [6, 6.07) is 0. The van der Waals surface area contributed by atoms with Crippen molar-refractivity contribution in [3.8, 4) is 0 Å². The van der Waals surface area contributed by atoms with Gasteiger partial charge in [-0.05, 0) is 44.7 Å². The van der Waals surface area contributed by atoms with Crippen LogP contribution in [0.5, 0.6) is 0 Å². The molecule has 3 heteroatoms. The molecule has 1 aliphatic carbocycles. The van der Waals surface area contributed by atoms with Gasteiger partial charge in [0.25, 0.3) is 0 Å². The van der Waals surface area contributed by atoms with Gasteiger partial charge in [-0.15, -0.1) is 0 Å². The van der Waals surface area contributed by atoms with Crippen molar-refractivity contribution in [1.82, 2.24) is 10.2 Å². The molecule has 2 aliphatic heterocycles. The minimum atomic E-state index is 0.489. The van der Waals surface area contributed by atoms with Gasteiger partial charge >= 0.3 is 0 Å². The highest BCUT2D eigenvalue weighted by Crippen LogP contribution is 2.44. The first-order chi connectivity index (χ1) is 7.39. The minimum absolute atomic E-state index is 0.489. The molecule has 0 bridgehead atoms. The summed E-state index contributed by atoms with van der Waals surface area (Å²) in [6.07, 6.45) is 5.48. The molecule has 3 aliphatic rings. The van der Waals surface area contributed by atoms with Gasteiger partial charge < -0.3 is 10.1 Å². The van der Waals surface area contributed by atoms with E-state index in [-0.39, 0.29) is 0 Å². The largest absolute Gasteiger partial charge is 0.378 e. The zero-order chi connectivity index (χ0) is 10.1. The van der Waals surface area contributed by atoms with Gasteiger partial charge in [0.15, 0.2) is 0 Å². The van der Waals surface area contributed by atoms with Gasteiger partial charge in [-0.25, -0.2) is 0 Å². The lowest BCUT2D eigenvalue weighted by Crippen LogP contribution is -2.50. The van der Waals surface area contributed by atoms with Crippen molar-refractivity contribution in [3.05, 3.63) is 0 Å². The Labute approximate surface area is 92.2 Å². The quantitative estimate of drug-likeness (QED) is 0.731. The minimum Gasteiger partial charge on any atom is -0.378 e. The van der Waals surface area contributed by atoms with E-state index in [1.165, 1.54) is 51.9 Å². The lowest BCUT2D eigenvalue weighted by Gasteiger charge is -2.39. The van der Waals surface area contributed by atoms with E-state index in [1.807, 2.05) is 0 Å². The zero-order valence-electron chi connectivity index (χ0n) is 9.50. The van der Waals surface area contributed by atoms with Crippen LogP contribution in [0, 0.1) is 5.92 Å². The van der Waals surface area contributed by atoms with E-state index >= 15 is 0 Å². The second kappa shape index (κ2) is 4.04. The highest BCUT2D eigenvalue weighted by atomic mass is 16.5. The topological polar surface area (TPSA) is 24.5 Å². The van der Waals surface area contributed by atoms with Crippen molar-refractivity contribution in [3.63, 3.8) is 0 Å². The second-order valence-electron chi connectivity index (χ2n) is 5.42. The average molecular weight is 210 g/mol. The fraction of sp³-hybridized carbons (Fsp3) is 1.00. The average Bonchev–Trinajstić information content (AvgIpc) is 3.04. The second-order valence-corrected chi connectivity index (χ2v) is 5.42. The maximum atomic E-state index is 5.61. The van der Waals surface area contributed by atoms with Crippen molar-refractivity contribution in [2.45, 2.75) is 31.2 Å². The molecule has 0 amide bonds. The van der Waals surface area contributed by atoms with Gasteiger partial charge in [-0.2, -0.15) is 0 Å². The fourth-order valence-electron chi connectivity index (χ4n) is 3.03. The van der Waals surface area contributed by atoms with Crippen LogP contribution in [0.2, 0.25) is 0 Å². The van der Waals surface area contributed by atoms with E-state index in [0.717, 1.165) is 19.1 Å². The van der Waals surface area contributed by atoms with Gasteiger partial charge in [0.05, 0.1) is 13.2 Å². The molecule has 0 aromatic heterocycles. The highest BCUT2D eigenvalue weighted by Gasteiger charge is 2.50. The van der Waals surface area contributed by atoms with Gasteiger partial charge in [-0.3, -0.25) is 4.90 Å². The smallest absolute Gasteiger partial charge is 0.0651 e. The molecule has 1 spiro atoms. The third kappa shape index (κ3) is 2.05. The molecule has 3 nitrogen and oxygen atoms in total. The van der Waals surface area contributed by atoms with Crippen LogP contribution < -0.4 is 5.32 Å². The Balaban J connectivity index is 1.56. The molecule has 3 fully saturated rings. The number of hydrogen-bond donors (Lipinski definition) is 1. The van der Waals surface area contributed by atoms with Crippen molar-refractivity contribution in [2.24, 2.45) is 5.92 Å². The Bertz CT molecular complexity index is 222. The summed E-state index contributed by atoms with van der Waals surface area (Å²) in [5.41, 5.74) is 0.489. The number of rotatable bonds is 2. The number of hydrogen-bond acceptors (Lipinski definition) is 3. The first-order valence-corrected chi connectivity index (χ1v) is 6.43. The SMILES string of the molecule is C1CC(CN2CCOCC23CC3)CCN1. The Morgan fingerprint density at radius 3 is 2.80 bits per heavy atom. The van der Waals surface area contributed by atoms with Gasteiger partial charge in [-0.1, -0.05) is 0 Å². The van der Waals surface area contributed by atoms with Crippen molar-refractivity contribution in [2.75, 3.05) is 39.4 Å². The molecule has 0 unspecified atom stereocenters. The van der Waals surface area contributed by atoms with Crippen LogP contribution in [0.3, 0.4) is 0 Å². The number of nitrogens with zero attached hydrogens (tertiary/aromatic N) is 1. The lowest BCUT2D eigenvalue weighted by atomic mass is 9.96. The van der Waals surface area contributed by atoms with Crippen molar-refractivity contribution < 1.29 is 4.74 Å². The molecular formula is C12H22N2O. The summed E-state index contributed by atoms with van der Waals surface area (Å²) in [4.78, 5) is 2.73. The fourth-order valence-corrected chi connectivity index (χ4v) is 3.03. The van der Waals surface area contributed by atoms with Crippen LogP contribution in [0.25, 0.3) is 0 Å². The molecule has 2 saturated heterocycles. The molecule has 0 radical (unpaired) electrons. The molecule has 0 atom stereocenters. The zero-order valence-corrected chi connectivity index (χ0v) is 9.50. The van der Waals surface area contributed by atoms with Crippen LogP contribution in [-0.4, -0.2) is 49.8 Å². The first-order valence-electron chi connectivity index (χ1n) is 6.43. The normalized spacial score (nSPS) is 32.0. The van der Waals surface area contributed by atoms with Crippen molar-refractivity contribution >= 4 is 0 Å². The molecule has 1 N–H and O–H groups in total. The van der Waals surface area contributed by atoms with Crippen LogP contribution in [0.15, 0.2) is 0 Å². The van der Waals surface area contributed by atoms with Gasteiger partial charge in [0.2, 0.25) is 0 Å². The van der Waals surface area contributed by atoms with Crippen LogP contribution >= 0.6 is 0 Å². The molecular weight excluding hydrogens is 188 g/mol. The predicted octanol–water partition coefficient (Wildman–Crippen LogP) is 0.851. The number of piperidine rings is 1. The first kappa shape index (κ1) is 10.1. The maximum Gasteiger partial charge on any atom is 0.0651 e. The summed E-state index contributed by atoms with van der Waals surface area (Å²) in [5, 5.41) is 3.45. The third-order valence-electron chi connectivity index (χ3n) is 4.31. The van der Waals surface area contributed by atoms with E-state index < -0.39 is 0 Å². The summed E-state index contributed by atoms with van der Waals surface area (Å²) in [5.74, 6) is 0.932. The number of ether oxygens (including phenoxy) is 1. The molecule has 15 heavy (non-hydrogen) atoms. The summed E-state index contributed by atoms with van der Waals surface area (Å²) >= 11 is 0. The number of nitrogens with one attached hydrogen (secondary N) is 1. The van der Waals surface area contributed by atoms with Crippen molar-refractivity contribution in [1.29, 1.82) is 0 Å². The monoisotopic (exact) mass is 210 g/mol. The highest BCUT2D eigenvalue weighted by molar-refractivity contribution is 5.05. The van der Waals surface area contributed by atoms with Gasteiger partial charge in [0.1, 0.15) is 0 Å². The summed E-state index contributed by atoms with van der Waals surface area (Å²) in [6.45, 7) is 6.89. The lowest BCUT2D eigenvalue weighted by molar-refractivity contribution is -0.0287. The van der Waals surface area contributed by atoms with E-state index in [1.54, 1.807) is 0 Å². The van der Waals surface area contributed by atoms with E-state index in [9.17, 15) is 0 Å². The standard InChI is InChI=1S/C12H22N2O/c1-5-13-6-2-11(1)9-14-7-8-15-10-12(14)3-4-12/h11,13H,1-10H2. The molecule has 0 aromatic carbocycles. The van der Waals surface area contributed by atoms with E-state index in [2.05, 4.69) is 10.2 Å². The van der Waals surface area contributed by atoms with E-state index in [0.29, 0.717) is 5.54 Å². The summed E-state index contributed by atoms with van der Waals surface area (Å²) in [7, 11) is 0. The summed E-state index contributed by atoms with van der Waals surface area (Å²) < 4.78 is 5.61.